The number of nitrogens with zero attached hydrogens (tertiary/aromatic N) is 4. The monoisotopic (exact) mass is 379 g/mol. The number of piperidine rings is 1. The zero-order chi connectivity index (χ0) is 18.8. The number of anilines is 1. The predicted octanol–water partition coefficient (Wildman–Crippen LogP) is 3.78. The first-order chi connectivity index (χ1) is 13.2. The number of carboxylic acid groups (broad SMARTS) is 1. The molecule has 0 saturated carbocycles. The van der Waals surface area contributed by atoms with Crippen molar-refractivity contribution >= 4 is 33.3 Å². The SMILES string of the molecule is N#Cc1cnc(NC2CCCN(C(=O)O)C2)c2cc(-c3ccncc3)sc12. The number of carbonyl (C=O) groups is 1. The smallest absolute Gasteiger partial charge is 0.407 e. The molecule has 1 saturated heterocycles. The van der Waals surface area contributed by atoms with Crippen molar-refractivity contribution in [3.63, 3.8) is 0 Å². The molecule has 0 radical (unpaired) electrons. The van der Waals surface area contributed by atoms with Gasteiger partial charge < -0.3 is 15.3 Å². The van der Waals surface area contributed by atoms with Crippen molar-refractivity contribution in [3.8, 4) is 16.5 Å². The number of thiophene rings is 1. The van der Waals surface area contributed by atoms with E-state index in [2.05, 4.69) is 21.4 Å². The van der Waals surface area contributed by atoms with Gasteiger partial charge in [0.05, 0.1) is 10.3 Å². The lowest BCUT2D eigenvalue weighted by atomic mass is 10.1. The first kappa shape index (κ1) is 17.2. The highest BCUT2D eigenvalue weighted by atomic mass is 32.1. The highest BCUT2D eigenvalue weighted by Crippen LogP contribution is 2.38. The van der Waals surface area contributed by atoms with E-state index < -0.39 is 6.09 Å². The third-order valence-electron chi connectivity index (χ3n) is 4.67. The summed E-state index contributed by atoms with van der Waals surface area (Å²) in [6.45, 7) is 0.994. The van der Waals surface area contributed by atoms with Crippen molar-refractivity contribution in [2.75, 3.05) is 18.4 Å². The van der Waals surface area contributed by atoms with Crippen LogP contribution < -0.4 is 5.32 Å². The molecule has 4 heterocycles. The van der Waals surface area contributed by atoms with Gasteiger partial charge in [0.25, 0.3) is 0 Å². The lowest BCUT2D eigenvalue weighted by Gasteiger charge is -2.31. The second-order valence-corrected chi connectivity index (χ2v) is 7.49. The molecule has 1 fully saturated rings. The number of amides is 1. The van der Waals surface area contributed by atoms with E-state index in [1.807, 2.05) is 18.2 Å². The Balaban J connectivity index is 1.70. The summed E-state index contributed by atoms with van der Waals surface area (Å²) in [6, 6.07) is 8.11. The first-order valence-corrected chi connectivity index (χ1v) is 9.45. The second kappa shape index (κ2) is 7.21. The molecule has 2 N–H and O–H groups in total. The molecule has 7 nitrogen and oxygen atoms in total. The van der Waals surface area contributed by atoms with Crippen LogP contribution in [0.5, 0.6) is 0 Å². The maximum Gasteiger partial charge on any atom is 0.407 e. The fourth-order valence-corrected chi connectivity index (χ4v) is 4.46. The molecule has 4 rings (SSSR count). The molecule has 27 heavy (non-hydrogen) atoms. The Hall–Kier alpha value is -3.18. The van der Waals surface area contributed by atoms with Gasteiger partial charge in [-0.2, -0.15) is 5.26 Å². The highest BCUT2D eigenvalue weighted by molar-refractivity contribution is 7.22. The van der Waals surface area contributed by atoms with Gasteiger partial charge in [0, 0.05) is 48.0 Å². The molecule has 8 heteroatoms. The molecule has 1 aliphatic heterocycles. The Bertz CT molecular complexity index is 1030. The van der Waals surface area contributed by atoms with E-state index in [1.165, 1.54) is 4.90 Å². The van der Waals surface area contributed by atoms with Crippen LogP contribution >= 0.6 is 11.3 Å². The number of hydrogen-bond acceptors (Lipinski definition) is 6. The molecule has 1 amide bonds. The van der Waals surface area contributed by atoms with Gasteiger partial charge in [0.15, 0.2) is 0 Å². The van der Waals surface area contributed by atoms with Crippen LogP contribution in [0.15, 0.2) is 36.8 Å². The summed E-state index contributed by atoms with van der Waals surface area (Å²) < 4.78 is 0.882. The van der Waals surface area contributed by atoms with Crippen molar-refractivity contribution in [2.45, 2.75) is 18.9 Å². The molecule has 0 aliphatic carbocycles. The average Bonchev–Trinajstić information content (AvgIpc) is 3.15. The van der Waals surface area contributed by atoms with Gasteiger partial charge in [0.2, 0.25) is 0 Å². The maximum atomic E-state index is 11.3. The van der Waals surface area contributed by atoms with E-state index in [1.54, 1.807) is 29.9 Å². The van der Waals surface area contributed by atoms with Crippen LogP contribution in [0.25, 0.3) is 20.5 Å². The van der Waals surface area contributed by atoms with Crippen molar-refractivity contribution in [1.29, 1.82) is 5.26 Å². The van der Waals surface area contributed by atoms with Gasteiger partial charge >= 0.3 is 6.09 Å². The quantitative estimate of drug-likeness (QED) is 0.718. The molecule has 1 unspecified atom stereocenters. The van der Waals surface area contributed by atoms with E-state index in [4.69, 9.17) is 0 Å². The minimum absolute atomic E-state index is 0.00256. The number of aromatic nitrogens is 2. The van der Waals surface area contributed by atoms with E-state index in [9.17, 15) is 15.2 Å². The third-order valence-corrected chi connectivity index (χ3v) is 5.89. The Kier molecular flexibility index (Phi) is 4.60. The number of likely N-dealkylation sites (tertiary alicyclic amines) is 1. The fraction of sp³-hybridized carbons (Fsp3) is 0.263. The zero-order valence-electron chi connectivity index (χ0n) is 14.4. The van der Waals surface area contributed by atoms with Crippen molar-refractivity contribution in [3.05, 3.63) is 42.4 Å². The Morgan fingerprint density at radius 2 is 2.22 bits per heavy atom. The summed E-state index contributed by atoms with van der Waals surface area (Å²) >= 11 is 1.55. The Morgan fingerprint density at radius 3 is 2.96 bits per heavy atom. The summed E-state index contributed by atoms with van der Waals surface area (Å²) in [6.07, 6.45) is 5.86. The molecule has 136 valence electrons. The van der Waals surface area contributed by atoms with Crippen molar-refractivity contribution < 1.29 is 9.90 Å². The molecule has 0 spiro atoms. The number of nitriles is 1. The van der Waals surface area contributed by atoms with Crippen molar-refractivity contribution in [1.82, 2.24) is 14.9 Å². The van der Waals surface area contributed by atoms with Gasteiger partial charge in [0.1, 0.15) is 11.9 Å². The molecule has 1 aliphatic rings. The van der Waals surface area contributed by atoms with Gasteiger partial charge in [-0.1, -0.05) is 0 Å². The van der Waals surface area contributed by atoms with Gasteiger partial charge in [-0.25, -0.2) is 9.78 Å². The summed E-state index contributed by atoms with van der Waals surface area (Å²) in [5.41, 5.74) is 1.58. The van der Waals surface area contributed by atoms with Gasteiger partial charge in [-0.3, -0.25) is 4.98 Å². The number of fused-ring (bicyclic) bond motifs is 1. The van der Waals surface area contributed by atoms with Crippen LogP contribution in [-0.4, -0.2) is 45.2 Å². The normalized spacial score (nSPS) is 16.9. The lowest BCUT2D eigenvalue weighted by molar-refractivity contribution is 0.133. The number of nitrogens with one attached hydrogen (secondary N) is 1. The molecule has 3 aromatic heterocycles. The number of rotatable bonds is 3. The fourth-order valence-electron chi connectivity index (χ4n) is 3.34. The molecule has 3 aromatic rings. The second-order valence-electron chi connectivity index (χ2n) is 6.43. The first-order valence-electron chi connectivity index (χ1n) is 8.63. The van der Waals surface area contributed by atoms with E-state index in [-0.39, 0.29) is 6.04 Å². The van der Waals surface area contributed by atoms with E-state index >= 15 is 0 Å². The summed E-state index contributed by atoms with van der Waals surface area (Å²) in [7, 11) is 0. The third kappa shape index (κ3) is 3.41. The van der Waals surface area contributed by atoms with Crippen LogP contribution in [0.3, 0.4) is 0 Å². The highest BCUT2D eigenvalue weighted by Gasteiger charge is 2.24. The minimum Gasteiger partial charge on any atom is -0.465 e. The van der Waals surface area contributed by atoms with Crippen LogP contribution in [-0.2, 0) is 0 Å². The zero-order valence-corrected chi connectivity index (χ0v) is 15.2. The summed E-state index contributed by atoms with van der Waals surface area (Å²) in [5, 5.41) is 23.0. The van der Waals surface area contributed by atoms with Gasteiger partial charge in [-0.05, 0) is 36.6 Å². The molecule has 0 bridgehead atoms. The van der Waals surface area contributed by atoms with Crippen molar-refractivity contribution in [2.24, 2.45) is 0 Å². The average molecular weight is 379 g/mol. The standard InChI is InChI=1S/C19H17N5O2S/c20-9-13-10-22-18(23-14-2-1-7-24(11-14)19(25)26)15-8-16(27-17(13)15)12-3-5-21-6-4-12/h3-6,8,10,14H,1-2,7,11H2,(H,22,23)(H,25,26). The van der Waals surface area contributed by atoms with Crippen LogP contribution in [0.2, 0.25) is 0 Å². The summed E-state index contributed by atoms with van der Waals surface area (Å²) in [5.74, 6) is 0.692. The molecular weight excluding hydrogens is 362 g/mol. The molecule has 0 aromatic carbocycles. The summed E-state index contributed by atoms with van der Waals surface area (Å²) in [4.78, 5) is 22.2. The predicted molar refractivity (Wildman–Crippen MR) is 104 cm³/mol. The van der Waals surface area contributed by atoms with E-state index in [0.717, 1.165) is 33.4 Å². The van der Waals surface area contributed by atoms with Gasteiger partial charge in [-0.15, -0.1) is 11.3 Å². The van der Waals surface area contributed by atoms with E-state index in [0.29, 0.717) is 24.5 Å². The number of hydrogen-bond donors (Lipinski definition) is 2. The van der Waals surface area contributed by atoms with Crippen LogP contribution in [0, 0.1) is 11.3 Å². The lowest BCUT2D eigenvalue weighted by Crippen LogP contribution is -2.44. The number of pyridine rings is 2. The topological polar surface area (TPSA) is 102 Å². The maximum absolute atomic E-state index is 11.3. The largest absolute Gasteiger partial charge is 0.465 e. The molecular formula is C19H17N5O2S. The Labute approximate surface area is 159 Å². The molecule has 1 atom stereocenters. The van der Waals surface area contributed by atoms with Crippen LogP contribution in [0.1, 0.15) is 18.4 Å². The Morgan fingerprint density at radius 1 is 1.41 bits per heavy atom. The minimum atomic E-state index is -0.894. The van der Waals surface area contributed by atoms with Crippen LogP contribution in [0.4, 0.5) is 10.6 Å².